The molecular formula is C17H15FN4O2. The second-order valence-electron chi connectivity index (χ2n) is 5.73. The monoisotopic (exact) mass is 326 g/mol. The number of nitrogens with one attached hydrogen (secondary N) is 2. The Balaban J connectivity index is 1.88. The maximum absolute atomic E-state index is 13.6. The van der Waals surface area contributed by atoms with Gasteiger partial charge in [-0.25, -0.2) is 4.98 Å². The molecule has 0 spiro atoms. The van der Waals surface area contributed by atoms with Crippen LogP contribution in [0, 0.1) is 5.95 Å². The Morgan fingerprint density at radius 3 is 3.04 bits per heavy atom. The highest BCUT2D eigenvalue weighted by molar-refractivity contribution is 5.99. The van der Waals surface area contributed by atoms with Crippen LogP contribution in [0.15, 0.2) is 30.5 Å². The molecule has 0 fully saturated rings. The lowest BCUT2D eigenvalue weighted by atomic mass is 9.98. The van der Waals surface area contributed by atoms with Crippen molar-refractivity contribution in [3.63, 3.8) is 0 Å². The summed E-state index contributed by atoms with van der Waals surface area (Å²) in [5.41, 5.74) is 3.89. The highest BCUT2D eigenvalue weighted by Gasteiger charge is 2.28. The molecule has 6 nitrogen and oxygen atoms in total. The van der Waals surface area contributed by atoms with Crippen LogP contribution in [-0.4, -0.2) is 41.1 Å². The Hall–Kier alpha value is -2.80. The van der Waals surface area contributed by atoms with Gasteiger partial charge in [0.2, 0.25) is 5.95 Å². The molecule has 3 aromatic rings. The van der Waals surface area contributed by atoms with E-state index in [9.17, 15) is 9.18 Å². The molecule has 0 aromatic carbocycles. The van der Waals surface area contributed by atoms with E-state index in [1.54, 1.807) is 31.5 Å². The van der Waals surface area contributed by atoms with E-state index in [0.29, 0.717) is 41.0 Å². The number of ether oxygens (including phenoxy) is 1. The quantitative estimate of drug-likeness (QED) is 0.724. The zero-order chi connectivity index (χ0) is 16.7. The van der Waals surface area contributed by atoms with E-state index in [0.717, 1.165) is 5.69 Å². The van der Waals surface area contributed by atoms with E-state index < -0.39 is 5.95 Å². The highest BCUT2D eigenvalue weighted by atomic mass is 19.1. The second kappa shape index (κ2) is 5.68. The molecular weight excluding hydrogens is 311 g/mol. The molecule has 24 heavy (non-hydrogen) atoms. The number of halogens is 1. The van der Waals surface area contributed by atoms with Gasteiger partial charge in [-0.1, -0.05) is 0 Å². The fraction of sp³-hybridized carbons (Fsp3) is 0.235. The van der Waals surface area contributed by atoms with Crippen molar-refractivity contribution in [2.75, 3.05) is 20.3 Å². The van der Waals surface area contributed by atoms with E-state index in [1.807, 2.05) is 0 Å². The summed E-state index contributed by atoms with van der Waals surface area (Å²) < 4.78 is 18.8. The molecule has 0 saturated heterocycles. The molecule has 1 atom stereocenters. The van der Waals surface area contributed by atoms with Crippen molar-refractivity contribution in [2.24, 2.45) is 0 Å². The smallest absolute Gasteiger partial charge is 0.253 e. The number of pyridine rings is 2. The molecule has 1 aliphatic rings. The molecule has 7 heteroatoms. The molecule has 122 valence electrons. The van der Waals surface area contributed by atoms with Gasteiger partial charge >= 0.3 is 0 Å². The molecule has 0 saturated carbocycles. The minimum Gasteiger partial charge on any atom is -0.384 e. The number of hydrogen-bond donors (Lipinski definition) is 2. The lowest BCUT2D eigenvalue weighted by molar-refractivity contribution is 0.0924. The number of aromatic amines is 1. The van der Waals surface area contributed by atoms with Crippen molar-refractivity contribution < 1.29 is 13.9 Å². The number of methoxy groups -OCH3 is 1. The largest absolute Gasteiger partial charge is 0.384 e. The van der Waals surface area contributed by atoms with Gasteiger partial charge in [0, 0.05) is 42.7 Å². The first-order valence-corrected chi connectivity index (χ1v) is 7.59. The summed E-state index contributed by atoms with van der Waals surface area (Å²) in [4.78, 5) is 23.6. The van der Waals surface area contributed by atoms with Crippen molar-refractivity contribution in [1.82, 2.24) is 20.3 Å². The van der Waals surface area contributed by atoms with Gasteiger partial charge in [0.25, 0.3) is 5.91 Å². The molecule has 2 N–H and O–H groups in total. The number of rotatable bonds is 3. The van der Waals surface area contributed by atoms with Crippen LogP contribution >= 0.6 is 0 Å². The zero-order valence-corrected chi connectivity index (χ0v) is 13.0. The number of H-pyrrole nitrogens is 1. The van der Waals surface area contributed by atoms with E-state index in [1.165, 1.54) is 6.07 Å². The van der Waals surface area contributed by atoms with Gasteiger partial charge in [0.1, 0.15) is 5.52 Å². The Labute approximate surface area is 137 Å². The Kier molecular flexibility index (Phi) is 3.50. The van der Waals surface area contributed by atoms with Gasteiger partial charge in [0.05, 0.1) is 17.7 Å². The minimum absolute atomic E-state index is 0.0502. The number of carbonyl (C=O) groups is 1. The summed E-state index contributed by atoms with van der Waals surface area (Å²) in [6.45, 7) is 1.01. The van der Waals surface area contributed by atoms with Crippen molar-refractivity contribution in [3.05, 3.63) is 47.7 Å². The van der Waals surface area contributed by atoms with Gasteiger partial charge in [-0.2, -0.15) is 4.39 Å². The molecule has 4 rings (SSSR count). The van der Waals surface area contributed by atoms with E-state index in [-0.39, 0.29) is 11.8 Å². The van der Waals surface area contributed by atoms with Crippen molar-refractivity contribution in [2.45, 2.75) is 5.92 Å². The van der Waals surface area contributed by atoms with Crippen molar-refractivity contribution in [3.8, 4) is 11.3 Å². The Morgan fingerprint density at radius 2 is 2.21 bits per heavy atom. The number of hydrogen-bond acceptors (Lipinski definition) is 4. The van der Waals surface area contributed by atoms with Crippen molar-refractivity contribution >= 4 is 16.9 Å². The van der Waals surface area contributed by atoms with Crippen LogP contribution in [0.25, 0.3) is 22.3 Å². The lowest BCUT2D eigenvalue weighted by Crippen LogP contribution is -2.36. The highest BCUT2D eigenvalue weighted by Crippen LogP contribution is 2.31. The van der Waals surface area contributed by atoms with Crippen LogP contribution in [0.2, 0.25) is 0 Å². The number of fused-ring (bicyclic) bond motifs is 2. The van der Waals surface area contributed by atoms with Gasteiger partial charge in [-0.15, -0.1) is 0 Å². The molecule has 0 radical (unpaired) electrons. The van der Waals surface area contributed by atoms with Crippen LogP contribution in [0.1, 0.15) is 22.0 Å². The standard InChI is InChI=1S/C17H15FN4O2/c1-24-8-9-7-20-17(23)11-6-13(21-15(9)11)10-4-5-19-12-2-3-14(18)22-16(10)12/h2-6,9,21H,7-8H2,1H3,(H,20,23). The van der Waals surface area contributed by atoms with Gasteiger partial charge in [0.15, 0.2) is 0 Å². The predicted molar refractivity (Wildman–Crippen MR) is 86.2 cm³/mol. The number of nitrogens with zero attached hydrogens (tertiary/aromatic N) is 2. The third-order valence-electron chi connectivity index (χ3n) is 4.22. The molecule has 4 heterocycles. The van der Waals surface area contributed by atoms with Crippen LogP contribution in [-0.2, 0) is 4.74 Å². The van der Waals surface area contributed by atoms with Crippen LogP contribution in [0.3, 0.4) is 0 Å². The molecule has 1 aliphatic heterocycles. The average molecular weight is 326 g/mol. The van der Waals surface area contributed by atoms with E-state index in [4.69, 9.17) is 4.74 Å². The molecule has 1 unspecified atom stereocenters. The summed E-state index contributed by atoms with van der Waals surface area (Å²) in [5, 5.41) is 2.86. The Bertz CT molecular complexity index is 937. The SMILES string of the molecule is COCC1CNC(=O)c2cc(-c3ccnc4ccc(F)nc34)[nH]c21. The molecule has 0 bridgehead atoms. The van der Waals surface area contributed by atoms with Crippen LogP contribution in [0.5, 0.6) is 0 Å². The third-order valence-corrected chi connectivity index (χ3v) is 4.22. The maximum atomic E-state index is 13.6. The van der Waals surface area contributed by atoms with E-state index in [2.05, 4.69) is 20.3 Å². The third kappa shape index (κ3) is 2.33. The normalized spacial score (nSPS) is 16.9. The second-order valence-corrected chi connectivity index (χ2v) is 5.73. The minimum atomic E-state index is -0.567. The Morgan fingerprint density at radius 1 is 1.33 bits per heavy atom. The van der Waals surface area contributed by atoms with Gasteiger partial charge in [-0.3, -0.25) is 9.78 Å². The number of aromatic nitrogens is 3. The fourth-order valence-electron chi connectivity index (χ4n) is 3.10. The van der Waals surface area contributed by atoms with Gasteiger partial charge in [-0.05, 0) is 24.3 Å². The summed E-state index contributed by atoms with van der Waals surface area (Å²) in [5.74, 6) is -0.644. The first-order valence-electron chi connectivity index (χ1n) is 7.59. The summed E-state index contributed by atoms with van der Waals surface area (Å²) >= 11 is 0. The fourth-order valence-corrected chi connectivity index (χ4v) is 3.10. The number of amides is 1. The summed E-state index contributed by atoms with van der Waals surface area (Å²) in [6.07, 6.45) is 1.64. The zero-order valence-electron chi connectivity index (χ0n) is 13.0. The van der Waals surface area contributed by atoms with Crippen LogP contribution in [0.4, 0.5) is 4.39 Å². The topological polar surface area (TPSA) is 79.9 Å². The molecule has 3 aromatic heterocycles. The maximum Gasteiger partial charge on any atom is 0.253 e. The summed E-state index contributed by atoms with van der Waals surface area (Å²) in [7, 11) is 1.63. The average Bonchev–Trinajstić information content (AvgIpc) is 3.03. The van der Waals surface area contributed by atoms with Crippen molar-refractivity contribution in [1.29, 1.82) is 0 Å². The molecule has 0 aliphatic carbocycles. The first-order chi connectivity index (χ1) is 11.7. The number of carbonyl (C=O) groups excluding carboxylic acids is 1. The summed E-state index contributed by atoms with van der Waals surface area (Å²) in [6, 6.07) is 6.40. The predicted octanol–water partition coefficient (Wildman–Crippen LogP) is 2.24. The molecule has 1 amide bonds. The van der Waals surface area contributed by atoms with Gasteiger partial charge < -0.3 is 15.0 Å². The van der Waals surface area contributed by atoms with Crippen LogP contribution < -0.4 is 5.32 Å². The first kappa shape index (κ1) is 14.8. The van der Waals surface area contributed by atoms with E-state index >= 15 is 0 Å². The lowest BCUT2D eigenvalue weighted by Gasteiger charge is -2.22.